The summed E-state index contributed by atoms with van der Waals surface area (Å²) in [5.41, 5.74) is 1.07. The van der Waals surface area contributed by atoms with Crippen LogP contribution in [0.3, 0.4) is 0 Å². The van der Waals surface area contributed by atoms with Gasteiger partial charge in [-0.1, -0.05) is 23.7 Å². The molecule has 0 saturated carbocycles. The van der Waals surface area contributed by atoms with Crippen LogP contribution in [0.1, 0.15) is 10.4 Å². The minimum atomic E-state index is -0.736. The smallest absolute Gasteiger partial charge is 0.407 e. The molecule has 0 unspecified atom stereocenters. The third kappa shape index (κ3) is 4.88. The second-order valence-corrected chi connectivity index (χ2v) is 7.86. The first kappa shape index (κ1) is 19.0. The van der Waals surface area contributed by atoms with Gasteiger partial charge in [0, 0.05) is 11.4 Å². The fourth-order valence-electron chi connectivity index (χ4n) is 2.91. The van der Waals surface area contributed by atoms with E-state index in [9.17, 15) is 9.90 Å². The van der Waals surface area contributed by atoms with E-state index in [0.29, 0.717) is 23.8 Å². The molecule has 0 radical (unpaired) electrons. The monoisotopic (exact) mass is 396 g/mol. The number of hydrogen-bond donors (Lipinski definition) is 3. The van der Waals surface area contributed by atoms with Gasteiger partial charge < -0.3 is 25.2 Å². The van der Waals surface area contributed by atoms with E-state index in [4.69, 9.17) is 21.1 Å². The molecule has 1 aromatic heterocycles. The maximum atomic E-state index is 12.1. The van der Waals surface area contributed by atoms with Crippen LogP contribution in [-0.4, -0.2) is 43.1 Å². The van der Waals surface area contributed by atoms with Gasteiger partial charge in [0.1, 0.15) is 18.0 Å². The summed E-state index contributed by atoms with van der Waals surface area (Å²) in [5, 5.41) is 16.1. The van der Waals surface area contributed by atoms with E-state index in [2.05, 4.69) is 10.6 Å². The van der Waals surface area contributed by atoms with Crippen molar-refractivity contribution in [1.82, 2.24) is 10.6 Å². The molecule has 1 aliphatic rings. The Balaban J connectivity index is 1.54. The summed E-state index contributed by atoms with van der Waals surface area (Å²) in [4.78, 5) is 13.0. The molecule has 6 nitrogen and oxygen atoms in total. The largest absolute Gasteiger partial charge is 0.497 e. The van der Waals surface area contributed by atoms with E-state index in [1.165, 1.54) is 11.3 Å². The number of rotatable bonds is 6. The van der Waals surface area contributed by atoms with Crippen LogP contribution in [0.2, 0.25) is 4.34 Å². The predicted octanol–water partition coefficient (Wildman–Crippen LogP) is 2.58. The van der Waals surface area contributed by atoms with Crippen LogP contribution in [0.4, 0.5) is 4.79 Å². The number of aliphatic hydroxyl groups is 1. The molecule has 3 atom stereocenters. The molecule has 8 heteroatoms. The molecule has 3 rings (SSSR count). The highest BCUT2D eigenvalue weighted by Crippen LogP contribution is 2.22. The third-order valence-electron chi connectivity index (χ3n) is 4.26. The van der Waals surface area contributed by atoms with Gasteiger partial charge in [-0.3, -0.25) is 0 Å². The second-order valence-electron chi connectivity index (χ2n) is 6.06. The van der Waals surface area contributed by atoms with Gasteiger partial charge in [0.2, 0.25) is 0 Å². The van der Waals surface area contributed by atoms with Crippen molar-refractivity contribution >= 4 is 29.0 Å². The van der Waals surface area contributed by atoms with Gasteiger partial charge in [0.25, 0.3) is 0 Å². The summed E-state index contributed by atoms with van der Waals surface area (Å²) in [6.45, 7) is 0.731. The first-order chi connectivity index (χ1) is 12.5. The van der Waals surface area contributed by atoms with Crippen molar-refractivity contribution in [2.24, 2.45) is 0 Å². The van der Waals surface area contributed by atoms with Crippen molar-refractivity contribution in [2.45, 2.75) is 31.2 Å². The van der Waals surface area contributed by atoms with Gasteiger partial charge in [0.15, 0.2) is 0 Å². The molecule has 26 heavy (non-hydrogen) atoms. The molecular weight excluding hydrogens is 376 g/mol. The van der Waals surface area contributed by atoms with Crippen LogP contribution in [0.25, 0.3) is 0 Å². The Labute approximate surface area is 161 Å². The van der Waals surface area contributed by atoms with E-state index >= 15 is 0 Å². The van der Waals surface area contributed by atoms with Crippen LogP contribution in [0.5, 0.6) is 5.75 Å². The fraction of sp³-hybridized carbons (Fsp3) is 0.389. The number of carbonyl (C=O) groups excluding carboxylic acids is 1. The molecule has 3 N–H and O–H groups in total. The van der Waals surface area contributed by atoms with Gasteiger partial charge in [-0.15, -0.1) is 11.3 Å². The second kappa shape index (κ2) is 8.73. The first-order valence-electron chi connectivity index (χ1n) is 8.28. The highest BCUT2D eigenvalue weighted by atomic mass is 35.5. The fourth-order valence-corrected chi connectivity index (χ4v) is 3.94. The van der Waals surface area contributed by atoms with Gasteiger partial charge in [-0.2, -0.15) is 0 Å². The molecule has 2 heterocycles. The average molecular weight is 397 g/mol. The Morgan fingerprint density at radius 3 is 2.77 bits per heavy atom. The van der Waals surface area contributed by atoms with E-state index in [1.54, 1.807) is 13.2 Å². The van der Waals surface area contributed by atoms with E-state index in [0.717, 1.165) is 16.2 Å². The molecule has 1 amide bonds. The number of alkyl carbamates (subject to hydrolysis) is 1. The summed E-state index contributed by atoms with van der Waals surface area (Å²) in [6, 6.07) is 11.2. The lowest BCUT2D eigenvalue weighted by Gasteiger charge is -2.22. The van der Waals surface area contributed by atoms with Crippen LogP contribution in [-0.2, 0) is 17.7 Å². The van der Waals surface area contributed by atoms with Gasteiger partial charge in [-0.25, -0.2) is 4.79 Å². The van der Waals surface area contributed by atoms with E-state index in [1.807, 2.05) is 30.3 Å². The van der Waals surface area contributed by atoms with Crippen LogP contribution < -0.4 is 15.4 Å². The van der Waals surface area contributed by atoms with Gasteiger partial charge in [0.05, 0.1) is 24.0 Å². The molecule has 0 aliphatic carbocycles. The highest BCUT2D eigenvalue weighted by molar-refractivity contribution is 7.16. The number of methoxy groups -OCH3 is 1. The molecular formula is C18H21ClN2O4S. The maximum absolute atomic E-state index is 12.1. The molecule has 1 aliphatic heterocycles. The summed E-state index contributed by atoms with van der Waals surface area (Å²) >= 11 is 7.27. The van der Waals surface area contributed by atoms with E-state index in [-0.39, 0.29) is 6.04 Å². The number of ether oxygens (including phenoxy) is 2. The summed E-state index contributed by atoms with van der Waals surface area (Å²) < 4.78 is 11.3. The summed E-state index contributed by atoms with van der Waals surface area (Å²) in [5.74, 6) is 0.786. The minimum absolute atomic E-state index is 0.152. The predicted molar refractivity (Wildman–Crippen MR) is 101 cm³/mol. The number of β-amino-alcohol motifs (C(OH)–C–C–N with tert-alkyl or cyclic N) is 1. The molecule has 0 bridgehead atoms. The molecule has 140 valence electrons. The third-order valence-corrected chi connectivity index (χ3v) is 5.49. The lowest BCUT2D eigenvalue weighted by atomic mass is 10.0. The molecule has 2 aromatic rings. The quantitative estimate of drug-likeness (QED) is 0.699. The number of aliphatic hydroxyl groups excluding tert-OH is 1. The lowest BCUT2D eigenvalue weighted by molar-refractivity contribution is 0.0188. The number of benzene rings is 1. The van der Waals surface area contributed by atoms with Crippen molar-refractivity contribution in [1.29, 1.82) is 0 Å². The Morgan fingerprint density at radius 2 is 2.12 bits per heavy atom. The van der Waals surface area contributed by atoms with Crippen molar-refractivity contribution in [3.63, 3.8) is 0 Å². The summed E-state index contributed by atoms with van der Waals surface area (Å²) in [6.07, 6.45) is -1.26. The lowest BCUT2D eigenvalue weighted by Crippen LogP contribution is -2.41. The molecule has 1 saturated heterocycles. The van der Waals surface area contributed by atoms with Gasteiger partial charge >= 0.3 is 6.09 Å². The summed E-state index contributed by atoms with van der Waals surface area (Å²) in [7, 11) is 1.62. The van der Waals surface area contributed by atoms with Crippen molar-refractivity contribution in [2.75, 3.05) is 13.7 Å². The normalized spacial score (nSPS) is 22.2. The zero-order valence-corrected chi connectivity index (χ0v) is 15.8. The zero-order chi connectivity index (χ0) is 18.5. The molecule has 0 spiro atoms. The number of hydrogen-bond acceptors (Lipinski definition) is 6. The number of amides is 1. The van der Waals surface area contributed by atoms with Crippen molar-refractivity contribution in [3.05, 3.63) is 51.2 Å². The molecule has 1 fully saturated rings. The minimum Gasteiger partial charge on any atom is -0.497 e. The number of halogens is 1. The Bertz CT molecular complexity index is 737. The SMILES string of the molecule is COc1ccc(C[C@H]2NC[C@H](O)[C@H]2OC(=O)NCc2ccc(Cl)s2)cc1. The Morgan fingerprint density at radius 1 is 1.35 bits per heavy atom. The number of thiophene rings is 1. The van der Waals surface area contributed by atoms with Crippen LogP contribution >= 0.6 is 22.9 Å². The maximum Gasteiger partial charge on any atom is 0.407 e. The average Bonchev–Trinajstić information content (AvgIpc) is 3.21. The van der Waals surface area contributed by atoms with Gasteiger partial charge in [-0.05, 0) is 36.2 Å². The van der Waals surface area contributed by atoms with E-state index < -0.39 is 18.3 Å². The van der Waals surface area contributed by atoms with Crippen LogP contribution in [0.15, 0.2) is 36.4 Å². The standard InChI is InChI=1S/C18H21ClN2O4S/c1-24-12-4-2-11(3-5-12)8-14-17(15(22)10-20-14)25-18(23)21-9-13-6-7-16(19)26-13/h2-7,14-15,17,20,22H,8-10H2,1H3,(H,21,23)/t14-,15+,17+/m1/s1. The Kier molecular flexibility index (Phi) is 6.37. The zero-order valence-electron chi connectivity index (χ0n) is 14.3. The molecule has 1 aromatic carbocycles. The number of carbonyl (C=O) groups is 1. The Hall–Kier alpha value is -1.80. The van der Waals surface area contributed by atoms with Crippen LogP contribution in [0, 0.1) is 0 Å². The first-order valence-corrected chi connectivity index (χ1v) is 9.47. The van der Waals surface area contributed by atoms with Crippen molar-refractivity contribution < 1.29 is 19.4 Å². The highest BCUT2D eigenvalue weighted by Gasteiger charge is 2.37. The topological polar surface area (TPSA) is 79.8 Å². The van der Waals surface area contributed by atoms with Crippen molar-refractivity contribution in [3.8, 4) is 5.75 Å². The number of nitrogens with one attached hydrogen (secondary N) is 2.